The average molecular weight is 150 g/mol. The van der Waals surface area contributed by atoms with Gasteiger partial charge in [0.1, 0.15) is 0 Å². The number of rotatable bonds is 0. The van der Waals surface area contributed by atoms with Gasteiger partial charge in [0.2, 0.25) is 0 Å². The van der Waals surface area contributed by atoms with Crippen LogP contribution in [0.4, 0.5) is 0 Å². The van der Waals surface area contributed by atoms with Gasteiger partial charge in [-0.2, -0.15) is 0 Å². The highest BCUT2D eigenvalue weighted by molar-refractivity contribution is 5.27. The molecule has 3 fully saturated rings. The van der Waals surface area contributed by atoms with Crippen molar-refractivity contribution in [2.45, 2.75) is 46.5 Å². The van der Waals surface area contributed by atoms with Crippen LogP contribution in [0.5, 0.6) is 0 Å². The first-order chi connectivity index (χ1) is 5.02. The van der Waals surface area contributed by atoms with Crippen molar-refractivity contribution >= 4 is 0 Å². The third-order valence-electron chi connectivity index (χ3n) is 5.85. The van der Waals surface area contributed by atoms with E-state index in [9.17, 15) is 0 Å². The zero-order valence-electron chi connectivity index (χ0n) is 7.91. The number of hydrogen-bond acceptors (Lipinski definition) is 0. The summed E-state index contributed by atoms with van der Waals surface area (Å²) in [6.45, 7) is 7.59. The van der Waals surface area contributed by atoms with E-state index in [4.69, 9.17) is 0 Å². The molecule has 62 valence electrons. The Morgan fingerprint density at radius 2 is 1.82 bits per heavy atom. The van der Waals surface area contributed by atoms with Gasteiger partial charge >= 0.3 is 0 Å². The monoisotopic (exact) mass is 150 g/mol. The highest BCUT2D eigenvalue weighted by Crippen LogP contribution is 2.86. The first kappa shape index (κ1) is 6.51. The van der Waals surface area contributed by atoms with Crippen LogP contribution in [0, 0.1) is 22.2 Å². The highest BCUT2D eigenvalue weighted by atomic mass is 14.8. The maximum atomic E-state index is 2.55. The summed E-state index contributed by atoms with van der Waals surface area (Å²) in [5.41, 5.74) is 2.29. The molecule has 3 rings (SSSR count). The third-order valence-corrected chi connectivity index (χ3v) is 5.85. The molecule has 0 spiro atoms. The van der Waals surface area contributed by atoms with Crippen LogP contribution in [0.15, 0.2) is 0 Å². The van der Waals surface area contributed by atoms with Gasteiger partial charge in [-0.1, -0.05) is 20.8 Å². The van der Waals surface area contributed by atoms with E-state index in [-0.39, 0.29) is 0 Å². The molecule has 0 saturated heterocycles. The van der Waals surface area contributed by atoms with Crippen molar-refractivity contribution in [1.29, 1.82) is 0 Å². The van der Waals surface area contributed by atoms with Crippen LogP contribution in [-0.4, -0.2) is 0 Å². The average Bonchev–Trinajstić information content (AvgIpc) is 2.09. The second kappa shape index (κ2) is 1.30. The highest BCUT2D eigenvalue weighted by Gasteiger charge is 2.78. The molecule has 3 saturated carbocycles. The van der Waals surface area contributed by atoms with Gasteiger partial charge in [-0.3, -0.25) is 0 Å². The SMILES string of the molecule is CC12CCC3CC(C)(C1)C32C. The van der Waals surface area contributed by atoms with Crippen molar-refractivity contribution in [2.24, 2.45) is 22.2 Å². The Bertz CT molecular complexity index is 232. The molecule has 3 aliphatic rings. The van der Waals surface area contributed by atoms with E-state index in [1.807, 2.05) is 0 Å². The predicted octanol–water partition coefficient (Wildman–Crippen LogP) is 3.22. The predicted molar refractivity (Wildman–Crippen MR) is 46.3 cm³/mol. The molecule has 0 bridgehead atoms. The largest absolute Gasteiger partial charge is 0.0591 e. The first-order valence-corrected chi connectivity index (χ1v) is 5.02. The van der Waals surface area contributed by atoms with Crippen LogP contribution in [0.1, 0.15) is 46.5 Å². The first-order valence-electron chi connectivity index (χ1n) is 5.02. The van der Waals surface area contributed by atoms with Gasteiger partial charge < -0.3 is 0 Å². The van der Waals surface area contributed by atoms with Gasteiger partial charge in [0.15, 0.2) is 0 Å². The molecule has 3 aliphatic carbocycles. The lowest BCUT2D eigenvalue weighted by molar-refractivity contribution is -0.272. The molecule has 4 unspecified atom stereocenters. The summed E-state index contributed by atoms with van der Waals surface area (Å²) in [7, 11) is 0. The van der Waals surface area contributed by atoms with Crippen molar-refractivity contribution in [2.75, 3.05) is 0 Å². The Labute approximate surface area is 69.4 Å². The standard InChI is InChI=1S/C11H18/c1-9-5-4-8-6-10(2,7-9)11(8,9)3/h8H,4-7H2,1-3H3. The van der Waals surface area contributed by atoms with Crippen LogP contribution in [0.2, 0.25) is 0 Å². The second-order valence-electron chi connectivity index (χ2n) is 5.94. The minimum atomic E-state index is 0.755. The summed E-state index contributed by atoms with van der Waals surface area (Å²) in [6, 6.07) is 0. The summed E-state index contributed by atoms with van der Waals surface area (Å²) < 4.78 is 0. The van der Waals surface area contributed by atoms with E-state index in [2.05, 4.69) is 20.8 Å². The summed E-state index contributed by atoms with van der Waals surface area (Å²) in [5, 5.41) is 0. The van der Waals surface area contributed by atoms with Crippen LogP contribution in [-0.2, 0) is 0 Å². The van der Waals surface area contributed by atoms with Crippen LogP contribution in [0.3, 0.4) is 0 Å². The minimum Gasteiger partial charge on any atom is -0.0591 e. The van der Waals surface area contributed by atoms with E-state index in [1.54, 1.807) is 6.42 Å². The fourth-order valence-electron chi connectivity index (χ4n) is 4.97. The fourth-order valence-corrected chi connectivity index (χ4v) is 4.97. The quantitative estimate of drug-likeness (QED) is 0.497. The molecule has 0 aliphatic heterocycles. The zero-order chi connectivity index (χ0) is 7.91. The summed E-state index contributed by atoms with van der Waals surface area (Å²) in [4.78, 5) is 0. The molecule has 0 nitrogen and oxygen atoms in total. The Kier molecular flexibility index (Phi) is 0.767. The molecule has 0 radical (unpaired) electrons. The Morgan fingerprint density at radius 3 is 2.27 bits per heavy atom. The smallest absolute Gasteiger partial charge is 0.0189 e. The lowest BCUT2D eigenvalue weighted by atomic mass is 9.29. The molecule has 4 atom stereocenters. The lowest BCUT2D eigenvalue weighted by Gasteiger charge is -2.76. The van der Waals surface area contributed by atoms with Gasteiger partial charge in [0, 0.05) is 0 Å². The zero-order valence-corrected chi connectivity index (χ0v) is 7.91. The molecule has 11 heavy (non-hydrogen) atoms. The molecule has 0 heteroatoms. The van der Waals surface area contributed by atoms with Gasteiger partial charge in [-0.15, -0.1) is 0 Å². The minimum absolute atomic E-state index is 0.755. The van der Waals surface area contributed by atoms with Crippen LogP contribution >= 0.6 is 0 Å². The second-order valence-corrected chi connectivity index (χ2v) is 5.94. The normalized spacial score (nSPS) is 71.7. The molecule has 0 N–H and O–H groups in total. The molecular formula is C11H18. The van der Waals surface area contributed by atoms with Crippen LogP contribution in [0.25, 0.3) is 0 Å². The molecular weight excluding hydrogens is 132 g/mol. The van der Waals surface area contributed by atoms with Crippen molar-refractivity contribution in [1.82, 2.24) is 0 Å². The van der Waals surface area contributed by atoms with Gasteiger partial charge in [-0.25, -0.2) is 0 Å². The maximum Gasteiger partial charge on any atom is -0.0189 e. The van der Waals surface area contributed by atoms with E-state index in [0.29, 0.717) is 0 Å². The van der Waals surface area contributed by atoms with E-state index in [0.717, 1.165) is 22.2 Å². The summed E-state index contributed by atoms with van der Waals surface area (Å²) >= 11 is 0. The molecule has 0 heterocycles. The van der Waals surface area contributed by atoms with Crippen molar-refractivity contribution in [3.63, 3.8) is 0 Å². The van der Waals surface area contributed by atoms with Crippen molar-refractivity contribution < 1.29 is 0 Å². The molecule has 0 amide bonds. The topological polar surface area (TPSA) is 0 Å². The number of hydrogen-bond donors (Lipinski definition) is 0. The summed E-state index contributed by atoms with van der Waals surface area (Å²) in [5.74, 6) is 1.10. The van der Waals surface area contributed by atoms with Crippen LogP contribution < -0.4 is 0 Å². The molecule has 0 aromatic rings. The Balaban J connectivity index is 2.09. The molecule has 0 aromatic carbocycles. The maximum absolute atomic E-state index is 2.55. The Morgan fingerprint density at radius 1 is 1.09 bits per heavy atom. The van der Waals surface area contributed by atoms with E-state index < -0.39 is 0 Å². The third kappa shape index (κ3) is 0.381. The van der Waals surface area contributed by atoms with Crippen molar-refractivity contribution in [3.8, 4) is 0 Å². The Hall–Kier alpha value is 0. The van der Waals surface area contributed by atoms with E-state index >= 15 is 0 Å². The summed E-state index contributed by atoms with van der Waals surface area (Å²) in [6.07, 6.45) is 6.11. The lowest BCUT2D eigenvalue weighted by Crippen LogP contribution is -2.69. The van der Waals surface area contributed by atoms with Crippen molar-refractivity contribution in [3.05, 3.63) is 0 Å². The molecule has 0 aromatic heterocycles. The van der Waals surface area contributed by atoms with Gasteiger partial charge in [-0.05, 0) is 47.8 Å². The van der Waals surface area contributed by atoms with Gasteiger partial charge in [0.05, 0.1) is 0 Å². The fraction of sp³-hybridized carbons (Fsp3) is 1.00. The van der Waals surface area contributed by atoms with Gasteiger partial charge in [0.25, 0.3) is 0 Å². The van der Waals surface area contributed by atoms with E-state index in [1.165, 1.54) is 19.3 Å².